The molecule has 0 amide bonds. The molecule has 4 fully saturated rings. The Morgan fingerprint density at radius 1 is 1.06 bits per heavy atom. The molecular formula is C25H40O5Si. The van der Waals surface area contributed by atoms with Gasteiger partial charge in [0.1, 0.15) is 0 Å². The number of ether oxygens (including phenoxy) is 2. The number of fused-ring (bicyclic) bond motifs is 3. The first-order valence-corrected chi connectivity index (χ1v) is 15.3. The van der Waals surface area contributed by atoms with E-state index in [1.54, 1.807) is 0 Å². The lowest BCUT2D eigenvalue weighted by Gasteiger charge is -2.55. The van der Waals surface area contributed by atoms with E-state index in [0.717, 1.165) is 38.5 Å². The van der Waals surface area contributed by atoms with Gasteiger partial charge in [-0.1, -0.05) is 19.1 Å². The molecule has 31 heavy (non-hydrogen) atoms. The lowest BCUT2D eigenvalue weighted by atomic mass is 9.52. The van der Waals surface area contributed by atoms with Crippen molar-refractivity contribution < 1.29 is 23.5 Å². The third kappa shape index (κ3) is 3.03. The molecule has 0 aromatic heterocycles. The maximum atomic E-state index is 13.5. The number of hydrogen-bond acceptors (Lipinski definition) is 5. The van der Waals surface area contributed by atoms with Crippen LogP contribution in [0.1, 0.15) is 52.4 Å². The van der Waals surface area contributed by atoms with Crippen molar-refractivity contribution in [1.29, 1.82) is 0 Å². The van der Waals surface area contributed by atoms with Gasteiger partial charge in [-0.25, -0.2) is 0 Å². The van der Waals surface area contributed by atoms with Crippen molar-refractivity contribution in [3.8, 4) is 0 Å². The van der Waals surface area contributed by atoms with E-state index in [-0.39, 0.29) is 40.7 Å². The van der Waals surface area contributed by atoms with E-state index >= 15 is 0 Å². The molecule has 4 aliphatic rings. The van der Waals surface area contributed by atoms with E-state index in [1.807, 2.05) is 6.92 Å². The second kappa shape index (κ2) is 7.18. The van der Waals surface area contributed by atoms with Crippen LogP contribution in [-0.4, -0.2) is 40.6 Å². The second-order valence-electron chi connectivity index (χ2n) is 12.1. The Bertz CT molecular complexity index is 802. The zero-order valence-corrected chi connectivity index (χ0v) is 21.4. The summed E-state index contributed by atoms with van der Waals surface area (Å²) >= 11 is 0. The molecule has 0 aromatic carbocycles. The van der Waals surface area contributed by atoms with Crippen LogP contribution in [-0.2, 0) is 23.5 Å². The summed E-state index contributed by atoms with van der Waals surface area (Å²) in [6, 6.07) is 0. The fourth-order valence-corrected chi connectivity index (χ4v) is 9.94. The number of allylic oxidation sites excluding steroid dienone is 1. The van der Waals surface area contributed by atoms with E-state index < -0.39 is 13.7 Å². The van der Waals surface area contributed by atoms with Gasteiger partial charge >= 0.3 is 11.9 Å². The zero-order chi connectivity index (χ0) is 23.0. The highest BCUT2D eigenvalue weighted by molar-refractivity contribution is 6.69. The number of esters is 2. The second-order valence-corrected chi connectivity index (χ2v) is 16.6. The SMILES string of the molecule is C=C1C[C@]23C[C@H]1CCC2[C@]1(C)CC[C@H](O[Si](C)(C)C)C(C)(C(=O)OC)C1[C@@H]3C(=O)OC. The van der Waals surface area contributed by atoms with E-state index in [0.29, 0.717) is 11.8 Å². The molecule has 1 spiro atoms. The molecule has 0 N–H and O–H groups in total. The molecule has 174 valence electrons. The van der Waals surface area contributed by atoms with Crippen molar-refractivity contribution >= 4 is 20.3 Å². The van der Waals surface area contributed by atoms with Crippen molar-refractivity contribution in [2.45, 2.75) is 78.1 Å². The maximum absolute atomic E-state index is 13.5. The van der Waals surface area contributed by atoms with Gasteiger partial charge in [-0.05, 0) is 93.7 Å². The topological polar surface area (TPSA) is 61.8 Å². The third-order valence-electron chi connectivity index (χ3n) is 9.55. The Kier molecular flexibility index (Phi) is 5.33. The van der Waals surface area contributed by atoms with Crippen LogP contribution in [0.3, 0.4) is 0 Å². The lowest BCUT2D eigenvalue weighted by molar-refractivity contribution is -0.183. The summed E-state index contributed by atoms with van der Waals surface area (Å²) < 4.78 is 17.5. The van der Waals surface area contributed by atoms with E-state index in [4.69, 9.17) is 13.9 Å². The maximum Gasteiger partial charge on any atom is 0.314 e. The molecule has 5 nitrogen and oxygen atoms in total. The van der Waals surface area contributed by atoms with Gasteiger partial charge in [0.25, 0.3) is 0 Å². The van der Waals surface area contributed by atoms with Crippen molar-refractivity contribution in [2.75, 3.05) is 14.2 Å². The van der Waals surface area contributed by atoms with E-state index in [2.05, 4.69) is 33.1 Å². The molecule has 0 aromatic rings. The predicted octanol–water partition coefficient (Wildman–Crippen LogP) is 4.97. The highest BCUT2D eigenvalue weighted by atomic mass is 28.4. The summed E-state index contributed by atoms with van der Waals surface area (Å²) in [6.07, 6.45) is 5.68. The fourth-order valence-electron chi connectivity index (χ4n) is 8.73. The summed E-state index contributed by atoms with van der Waals surface area (Å²) in [5.41, 5.74) is 0.118. The first kappa shape index (κ1) is 23.0. The number of rotatable bonds is 4. The quantitative estimate of drug-likeness (QED) is 0.345. The zero-order valence-electron chi connectivity index (χ0n) is 20.4. The van der Waals surface area contributed by atoms with Gasteiger partial charge in [-0.15, -0.1) is 0 Å². The van der Waals surface area contributed by atoms with Crippen molar-refractivity contribution in [3.05, 3.63) is 12.2 Å². The number of methoxy groups -OCH3 is 2. The minimum absolute atomic E-state index is 0.128. The van der Waals surface area contributed by atoms with Gasteiger partial charge in [0.15, 0.2) is 8.32 Å². The number of carbonyl (C=O) groups excluding carboxylic acids is 2. The smallest absolute Gasteiger partial charge is 0.314 e. The van der Waals surface area contributed by atoms with Gasteiger partial charge < -0.3 is 13.9 Å². The molecule has 6 heteroatoms. The minimum atomic E-state index is -1.92. The molecule has 4 rings (SSSR count). The van der Waals surface area contributed by atoms with Gasteiger partial charge in [0.2, 0.25) is 0 Å². The summed E-state index contributed by atoms with van der Waals surface area (Å²) in [5, 5.41) is 0. The van der Waals surface area contributed by atoms with Gasteiger partial charge in [0, 0.05) is 0 Å². The largest absolute Gasteiger partial charge is 0.469 e. The predicted molar refractivity (Wildman–Crippen MR) is 122 cm³/mol. The van der Waals surface area contributed by atoms with Gasteiger partial charge in [-0.3, -0.25) is 9.59 Å². The molecule has 2 bridgehead atoms. The molecule has 0 heterocycles. The first-order chi connectivity index (χ1) is 14.3. The van der Waals surface area contributed by atoms with Crippen molar-refractivity contribution in [2.24, 2.45) is 39.9 Å². The third-order valence-corrected chi connectivity index (χ3v) is 10.5. The lowest BCUT2D eigenvalue weighted by Crippen LogP contribution is -2.60. The Balaban J connectivity index is 1.91. The molecule has 4 saturated carbocycles. The number of carbonyl (C=O) groups is 2. The van der Waals surface area contributed by atoms with Gasteiger partial charge in [-0.2, -0.15) is 0 Å². The fraction of sp³-hybridized carbons (Fsp3) is 0.840. The standard InChI is InChI=1S/C25H40O5Si/c1-15-13-25-14-16(15)9-10-17(25)23(2)12-11-18(30-31(6,7)8)24(3,22(27)29-5)20(23)19(25)21(26)28-4/h16-20H,1,9-14H2,2-8H3/t16-,17?,18+,19-,20?,23+,24?,25+/m1/s1. The minimum Gasteiger partial charge on any atom is -0.469 e. The molecule has 3 unspecified atom stereocenters. The molecule has 0 aliphatic heterocycles. The van der Waals surface area contributed by atoms with Crippen LogP contribution in [0.5, 0.6) is 0 Å². The van der Waals surface area contributed by atoms with Crippen LogP contribution in [0.25, 0.3) is 0 Å². The highest BCUT2D eigenvalue weighted by Gasteiger charge is 2.77. The molecule has 0 saturated heterocycles. The summed E-state index contributed by atoms with van der Waals surface area (Å²) in [6.45, 7) is 15.2. The molecular weight excluding hydrogens is 408 g/mol. The monoisotopic (exact) mass is 448 g/mol. The van der Waals surface area contributed by atoms with Crippen LogP contribution < -0.4 is 0 Å². The normalized spacial score (nSPS) is 46.3. The average molecular weight is 449 g/mol. The Morgan fingerprint density at radius 2 is 1.74 bits per heavy atom. The van der Waals surface area contributed by atoms with Crippen LogP contribution >= 0.6 is 0 Å². The Labute approximate surface area is 188 Å². The summed E-state index contributed by atoms with van der Waals surface area (Å²) in [7, 11) is 1.03. The molecule has 8 atom stereocenters. The highest BCUT2D eigenvalue weighted by Crippen LogP contribution is 2.78. The summed E-state index contributed by atoms with van der Waals surface area (Å²) in [4.78, 5) is 27.1. The Morgan fingerprint density at radius 3 is 2.32 bits per heavy atom. The van der Waals surface area contributed by atoms with Gasteiger partial charge in [0.05, 0.1) is 31.7 Å². The average Bonchev–Trinajstić information content (AvgIpc) is 3.08. The Hall–Kier alpha value is -1.14. The van der Waals surface area contributed by atoms with Crippen LogP contribution in [0.4, 0.5) is 0 Å². The molecule has 4 aliphatic carbocycles. The van der Waals surface area contributed by atoms with Crippen molar-refractivity contribution in [1.82, 2.24) is 0 Å². The van der Waals surface area contributed by atoms with Crippen LogP contribution in [0.2, 0.25) is 19.6 Å². The summed E-state index contributed by atoms with van der Waals surface area (Å²) in [5.74, 6) is -0.0230. The number of hydrogen-bond donors (Lipinski definition) is 0. The van der Waals surface area contributed by atoms with E-state index in [9.17, 15) is 9.59 Å². The van der Waals surface area contributed by atoms with E-state index in [1.165, 1.54) is 19.8 Å². The first-order valence-electron chi connectivity index (χ1n) is 11.9. The van der Waals surface area contributed by atoms with Crippen LogP contribution in [0, 0.1) is 39.9 Å². The van der Waals surface area contributed by atoms with Crippen LogP contribution in [0.15, 0.2) is 12.2 Å². The van der Waals surface area contributed by atoms with Crippen molar-refractivity contribution in [3.63, 3.8) is 0 Å². The molecule has 0 radical (unpaired) electrons.